The molecule has 3 N–H and O–H groups in total. The summed E-state index contributed by atoms with van der Waals surface area (Å²) in [6, 6.07) is 0. The molecule has 0 aromatic rings. The molecule has 0 bridgehead atoms. The lowest BCUT2D eigenvalue weighted by Crippen LogP contribution is -2.66. The van der Waals surface area contributed by atoms with Gasteiger partial charge in [0.15, 0.2) is 0 Å². The van der Waals surface area contributed by atoms with Crippen LogP contribution < -0.4 is 0 Å². The Labute approximate surface area is 228 Å². The highest BCUT2D eigenvalue weighted by Gasteiger charge is 2.70. The Bertz CT molecular complexity index is 1140. The van der Waals surface area contributed by atoms with Gasteiger partial charge in [-0.05, 0) is 104 Å². The zero-order chi connectivity index (χ0) is 28.2. The second-order valence-electron chi connectivity index (χ2n) is 15.5. The zero-order valence-electron chi connectivity index (χ0n) is 24.0. The molecule has 8 atom stereocenters. The number of allylic oxidation sites excluding steroid dienone is 1. The van der Waals surface area contributed by atoms with Crippen LogP contribution >= 0.6 is 0 Å². The molecule has 5 aliphatic carbocycles. The number of carboxylic acid groups (broad SMARTS) is 1. The Hall–Kier alpha value is -0.960. The Morgan fingerprint density at radius 1 is 0.974 bits per heavy atom. The molecule has 216 valence electrons. The van der Waals surface area contributed by atoms with Gasteiger partial charge < -0.3 is 10.2 Å². The van der Waals surface area contributed by atoms with E-state index in [0.29, 0.717) is 25.7 Å². The maximum atomic E-state index is 12.8. The van der Waals surface area contributed by atoms with Crippen LogP contribution in [0.5, 0.6) is 0 Å². The minimum atomic E-state index is -4.54. The molecule has 0 aromatic carbocycles. The summed E-state index contributed by atoms with van der Waals surface area (Å²) in [6.45, 7) is 13.4. The molecule has 8 heteroatoms. The van der Waals surface area contributed by atoms with Crippen molar-refractivity contribution < 1.29 is 32.2 Å². The maximum Gasteiger partial charge on any atom is 0.397 e. The number of hydrogen-bond donors (Lipinski definition) is 3. The lowest BCUT2D eigenvalue weighted by molar-refractivity contribution is -0.212. The van der Waals surface area contributed by atoms with Gasteiger partial charge in [-0.3, -0.25) is 9.35 Å². The fourth-order valence-electron chi connectivity index (χ4n) is 11.1. The lowest BCUT2D eigenvalue weighted by atomic mass is 9.33. The molecule has 0 spiro atoms. The first kappa shape index (κ1) is 28.6. The molecule has 0 aliphatic heterocycles. The normalized spacial score (nSPS) is 47.5. The van der Waals surface area contributed by atoms with E-state index in [0.717, 1.165) is 38.5 Å². The Balaban J connectivity index is 1.58. The van der Waals surface area contributed by atoms with Gasteiger partial charge in [0.05, 0.1) is 18.1 Å². The summed E-state index contributed by atoms with van der Waals surface area (Å²) in [5.74, 6) is -0.241. The molecule has 0 unspecified atom stereocenters. The van der Waals surface area contributed by atoms with Crippen molar-refractivity contribution in [3.05, 3.63) is 11.6 Å². The van der Waals surface area contributed by atoms with Gasteiger partial charge >= 0.3 is 16.4 Å². The van der Waals surface area contributed by atoms with Gasteiger partial charge in [-0.15, -0.1) is 0 Å². The number of carbonyl (C=O) groups is 1. The third-order valence-electron chi connectivity index (χ3n) is 13.2. The smallest absolute Gasteiger partial charge is 0.397 e. The van der Waals surface area contributed by atoms with Crippen LogP contribution in [-0.2, 0) is 19.4 Å². The minimum Gasteiger partial charge on any atom is -0.481 e. The van der Waals surface area contributed by atoms with Crippen molar-refractivity contribution in [3.8, 4) is 0 Å². The number of hydrogen-bond acceptors (Lipinski definition) is 5. The minimum absolute atomic E-state index is 0.0388. The van der Waals surface area contributed by atoms with Crippen LogP contribution in [0.15, 0.2) is 11.6 Å². The molecule has 0 amide bonds. The van der Waals surface area contributed by atoms with Crippen LogP contribution in [0.3, 0.4) is 0 Å². The van der Waals surface area contributed by atoms with Crippen LogP contribution in [0, 0.1) is 50.2 Å². The average Bonchev–Trinajstić information content (AvgIpc) is 2.79. The fraction of sp³-hybridized carbons (Fsp3) is 0.900. The van der Waals surface area contributed by atoms with Gasteiger partial charge in [-0.1, -0.05) is 53.2 Å². The SMILES string of the molecule is CC1(C)CC[C@]2(C(=O)O)CC[C@]3(CO)C(=CC[C@@H]4[C@@]5(C)CC[C@H](OS(=O)(=O)O)C(C)(C)[C@@H]5CC[C@]43C)[C@@H]2C1. The second-order valence-corrected chi connectivity index (χ2v) is 16.5. The van der Waals surface area contributed by atoms with Crippen LogP contribution in [0.4, 0.5) is 0 Å². The van der Waals surface area contributed by atoms with E-state index >= 15 is 0 Å². The molecule has 0 aromatic heterocycles. The predicted octanol–water partition coefficient (Wildman–Crippen LogP) is 6.03. The van der Waals surface area contributed by atoms with Crippen LogP contribution in [0.25, 0.3) is 0 Å². The molecular weight excluding hydrogens is 504 g/mol. The Kier molecular flexibility index (Phi) is 6.41. The zero-order valence-corrected chi connectivity index (χ0v) is 24.9. The van der Waals surface area contributed by atoms with Crippen LogP contribution in [-0.4, -0.2) is 41.9 Å². The number of aliphatic hydroxyl groups excluding tert-OH is 1. The topological polar surface area (TPSA) is 121 Å². The predicted molar refractivity (Wildman–Crippen MR) is 145 cm³/mol. The summed E-state index contributed by atoms with van der Waals surface area (Å²) >= 11 is 0. The Morgan fingerprint density at radius 3 is 2.24 bits per heavy atom. The van der Waals surface area contributed by atoms with Gasteiger partial charge in [0.2, 0.25) is 0 Å². The number of rotatable bonds is 4. The van der Waals surface area contributed by atoms with Crippen molar-refractivity contribution in [2.45, 2.75) is 112 Å². The molecule has 4 saturated carbocycles. The van der Waals surface area contributed by atoms with Crippen LogP contribution in [0.1, 0.15) is 106 Å². The standard InChI is InChI=1S/C30H48O7S/c1-25(2)13-14-29(24(32)33)15-16-30(18-31)19(20(29)17-25)7-8-22-27(5)11-10-23(37-38(34,35)36)26(3,4)21(27)9-12-28(22,30)6/h7,20-23,31H,8-18H2,1-6H3,(H,32,33)(H,34,35,36)/t20-,21-,22+,23-,27-,28+,29-,30-/m0/s1. The van der Waals surface area contributed by atoms with Crippen molar-refractivity contribution in [3.63, 3.8) is 0 Å². The molecule has 0 saturated heterocycles. The molecule has 38 heavy (non-hydrogen) atoms. The maximum absolute atomic E-state index is 12.8. The molecule has 0 heterocycles. The Morgan fingerprint density at radius 2 is 1.63 bits per heavy atom. The van der Waals surface area contributed by atoms with Crippen molar-refractivity contribution in [1.82, 2.24) is 0 Å². The van der Waals surface area contributed by atoms with Crippen molar-refractivity contribution in [2.24, 2.45) is 50.2 Å². The van der Waals surface area contributed by atoms with Crippen molar-refractivity contribution in [1.29, 1.82) is 0 Å². The summed E-state index contributed by atoms with van der Waals surface area (Å²) < 4.78 is 37.9. The molecule has 0 radical (unpaired) electrons. The summed E-state index contributed by atoms with van der Waals surface area (Å²) in [7, 11) is -4.54. The number of fused-ring (bicyclic) bond motifs is 7. The molecule has 7 nitrogen and oxygen atoms in total. The van der Waals surface area contributed by atoms with E-state index in [9.17, 15) is 28.0 Å². The molecule has 5 rings (SSSR count). The third kappa shape index (κ3) is 3.75. The summed E-state index contributed by atoms with van der Waals surface area (Å²) in [5, 5.41) is 21.8. The number of aliphatic carboxylic acids is 1. The van der Waals surface area contributed by atoms with Gasteiger partial charge in [-0.25, -0.2) is 4.18 Å². The first-order valence-electron chi connectivity index (χ1n) is 14.6. The van der Waals surface area contributed by atoms with E-state index in [2.05, 4.69) is 47.6 Å². The molecular formula is C30H48O7S. The van der Waals surface area contributed by atoms with E-state index in [4.69, 9.17) is 4.18 Å². The van der Waals surface area contributed by atoms with Gasteiger partial charge in [0, 0.05) is 5.41 Å². The summed E-state index contributed by atoms with van der Waals surface area (Å²) in [6.07, 6.45) is 9.51. The van der Waals surface area contributed by atoms with Crippen molar-refractivity contribution in [2.75, 3.05) is 6.61 Å². The van der Waals surface area contributed by atoms with E-state index < -0.39 is 38.7 Å². The lowest BCUT2D eigenvalue weighted by Gasteiger charge is -2.71. The highest BCUT2D eigenvalue weighted by Crippen LogP contribution is 2.75. The van der Waals surface area contributed by atoms with E-state index in [1.165, 1.54) is 5.57 Å². The van der Waals surface area contributed by atoms with Gasteiger partial charge in [0.1, 0.15) is 0 Å². The average molecular weight is 553 g/mol. The number of aliphatic hydroxyl groups is 1. The fourth-order valence-corrected chi connectivity index (χ4v) is 11.7. The van der Waals surface area contributed by atoms with E-state index in [-0.39, 0.29) is 40.6 Å². The van der Waals surface area contributed by atoms with Crippen molar-refractivity contribution >= 4 is 16.4 Å². The summed E-state index contributed by atoms with van der Waals surface area (Å²) in [4.78, 5) is 12.8. The van der Waals surface area contributed by atoms with Gasteiger partial charge in [0.25, 0.3) is 0 Å². The highest BCUT2D eigenvalue weighted by atomic mass is 32.3. The molecule has 4 fully saturated rings. The first-order chi connectivity index (χ1) is 17.4. The van der Waals surface area contributed by atoms with E-state index in [1.807, 2.05) is 0 Å². The van der Waals surface area contributed by atoms with E-state index in [1.54, 1.807) is 0 Å². The van der Waals surface area contributed by atoms with Crippen LogP contribution in [0.2, 0.25) is 0 Å². The second kappa shape index (κ2) is 8.53. The summed E-state index contributed by atoms with van der Waals surface area (Å²) in [5.41, 5.74) is -0.614. The largest absolute Gasteiger partial charge is 0.481 e. The first-order valence-corrected chi connectivity index (χ1v) is 16.0. The molecule has 5 aliphatic rings. The monoisotopic (exact) mass is 552 g/mol. The van der Waals surface area contributed by atoms with Gasteiger partial charge in [-0.2, -0.15) is 8.42 Å². The number of carboxylic acids is 1. The quantitative estimate of drug-likeness (QED) is 0.287. The highest BCUT2D eigenvalue weighted by molar-refractivity contribution is 7.80. The third-order valence-corrected chi connectivity index (χ3v) is 13.7.